The van der Waals surface area contributed by atoms with Crippen LogP contribution in [0.4, 0.5) is 23.2 Å². The van der Waals surface area contributed by atoms with Crippen molar-refractivity contribution in [1.82, 2.24) is 3.97 Å². The van der Waals surface area contributed by atoms with Gasteiger partial charge in [0.15, 0.2) is 5.69 Å². The third-order valence-corrected chi connectivity index (χ3v) is 9.80. The fourth-order valence-corrected chi connectivity index (χ4v) is 7.41. The first-order valence-corrected chi connectivity index (χ1v) is 15.9. The number of nitrogens with zero attached hydrogens (tertiary/aromatic N) is 2. The predicted molar refractivity (Wildman–Crippen MR) is 175 cm³/mol. The summed E-state index contributed by atoms with van der Waals surface area (Å²) >= 11 is 6.56. The number of rotatable bonds is 7. The molecule has 0 saturated carbocycles. The standard InChI is InChI=1S/C36H21ClF4N2O4S/c1-42-30-8-4-7-29(39)33(30)32-27-19-24(38)12-16-31(27)43(48(45,46)25-13-9-20(10-14-25)35(40)41)34(32)22-6-3-5-21(17-22)26-15-11-23(18-28(26)37)36(44)47-2/h3-19,35H,2H3. The van der Waals surface area contributed by atoms with Crippen LogP contribution in [0.5, 0.6) is 0 Å². The summed E-state index contributed by atoms with van der Waals surface area (Å²) in [7, 11) is -3.42. The van der Waals surface area contributed by atoms with E-state index >= 15 is 4.39 Å². The number of hydrogen-bond acceptors (Lipinski definition) is 4. The van der Waals surface area contributed by atoms with Crippen molar-refractivity contribution in [2.24, 2.45) is 0 Å². The van der Waals surface area contributed by atoms with Gasteiger partial charge in [0.05, 0.1) is 35.4 Å². The number of benzene rings is 5. The number of hydrogen-bond donors (Lipinski definition) is 0. The number of carbonyl (C=O) groups excluding carboxylic acids is 1. The topological polar surface area (TPSA) is 69.7 Å². The lowest BCUT2D eigenvalue weighted by atomic mass is 9.94. The monoisotopic (exact) mass is 688 g/mol. The second kappa shape index (κ2) is 12.6. The van der Waals surface area contributed by atoms with Gasteiger partial charge in [0, 0.05) is 38.2 Å². The summed E-state index contributed by atoms with van der Waals surface area (Å²) < 4.78 is 92.1. The average Bonchev–Trinajstić information content (AvgIpc) is 3.42. The molecule has 1 heterocycles. The van der Waals surface area contributed by atoms with E-state index in [0.29, 0.717) is 11.1 Å². The molecule has 0 aliphatic carbocycles. The highest BCUT2D eigenvalue weighted by atomic mass is 35.5. The molecular weight excluding hydrogens is 668 g/mol. The van der Waals surface area contributed by atoms with Gasteiger partial charge in [0.25, 0.3) is 16.4 Å². The number of methoxy groups -OCH3 is 1. The number of fused-ring (bicyclic) bond motifs is 1. The number of aromatic nitrogens is 1. The van der Waals surface area contributed by atoms with Crippen LogP contribution in [-0.4, -0.2) is 25.5 Å². The molecule has 5 aromatic carbocycles. The highest BCUT2D eigenvalue weighted by molar-refractivity contribution is 7.90. The second-order valence-electron chi connectivity index (χ2n) is 10.5. The quantitative estimate of drug-likeness (QED) is 0.0951. The van der Waals surface area contributed by atoms with Crippen LogP contribution in [0.2, 0.25) is 5.02 Å². The molecule has 0 unspecified atom stereocenters. The molecule has 0 fully saturated rings. The minimum atomic E-state index is -4.65. The van der Waals surface area contributed by atoms with Crippen LogP contribution in [0.1, 0.15) is 22.3 Å². The number of ether oxygens (including phenoxy) is 1. The predicted octanol–water partition coefficient (Wildman–Crippen LogP) is 10.1. The van der Waals surface area contributed by atoms with Gasteiger partial charge in [-0.15, -0.1) is 0 Å². The number of alkyl halides is 2. The molecule has 0 radical (unpaired) electrons. The van der Waals surface area contributed by atoms with E-state index in [1.54, 1.807) is 30.3 Å². The Morgan fingerprint density at radius 2 is 1.58 bits per heavy atom. The molecule has 1 aromatic heterocycles. The summed E-state index contributed by atoms with van der Waals surface area (Å²) in [6.45, 7) is 7.76. The maximum atomic E-state index is 15.8. The lowest BCUT2D eigenvalue weighted by Crippen LogP contribution is -2.14. The largest absolute Gasteiger partial charge is 0.465 e. The van der Waals surface area contributed by atoms with E-state index in [0.717, 1.165) is 46.4 Å². The lowest BCUT2D eigenvalue weighted by molar-refractivity contribution is 0.0600. The number of halogens is 5. The van der Waals surface area contributed by atoms with E-state index in [1.165, 1.54) is 37.4 Å². The van der Waals surface area contributed by atoms with Gasteiger partial charge in [-0.2, -0.15) is 0 Å². The van der Waals surface area contributed by atoms with Gasteiger partial charge >= 0.3 is 5.97 Å². The Morgan fingerprint density at radius 1 is 0.875 bits per heavy atom. The zero-order valence-corrected chi connectivity index (χ0v) is 26.3. The first-order chi connectivity index (χ1) is 23.0. The first kappa shape index (κ1) is 32.5. The Labute approximate surface area is 277 Å². The Hall–Kier alpha value is -5.44. The van der Waals surface area contributed by atoms with Gasteiger partial charge in [0.1, 0.15) is 11.6 Å². The van der Waals surface area contributed by atoms with Crippen LogP contribution in [0.3, 0.4) is 0 Å². The molecule has 12 heteroatoms. The third-order valence-electron chi connectivity index (χ3n) is 7.76. The maximum absolute atomic E-state index is 15.8. The molecule has 48 heavy (non-hydrogen) atoms. The lowest BCUT2D eigenvalue weighted by Gasteiger charge is -2.16. The molecule has 0 saturated heterocycles. The van der Waals surface area contributed by atoms with Crippen LogP contribution in [0.25, 0.3) is 49.3 Å². The van der Waals surface area contributed by atoms with Gasteiger partial charge in [-0.3, -0.25) is 0 Å². The molecule has 0 bridgehead atoms. The normalized spacial score (nSPS) is 11.5. The molecule has 0 spiro atoms. The molecule has 6 aromatic rings. The van der Waals surface area contributed by atoms with Gasteiger partial charge in [0.2, 0.25) is 0 Å². The van der Waals surface area contributed by atoms with Crippen molar-refractivity contribution in [3.8, 4) is 33.5 Å². The zero-order chi connectivity index (χ0) is 34.3. The van der Waals surface area contributed by atoms with E-state index in [2.05, 4.69) is 4.85 Å². The molecular formula is C36H21ClF4N2O4S. The van der Waals surface area contributed by atoms with E-state index in [4.69, 9.17) is 22.9 Å². The molecule has 0 N–H and O–H groups in total. The van der Waals surface area contributed by atoms with Crippen molar-refractivity contribution in [3.05, 3.63) is 142 Å². The summed E-state index contributed by atoms with van der Waals surface area (Å²) in [5.41, 5.74) is 0.274. The van der Waals surface area contributed by atoms with Gasteiger partial charge in [-0.25, -0.2) is 39.6 Å². The molecule has 0 amide bonds. The summed E-state index contributed by atoms with van der Waals surface area (Å²) in [5.74, 6) is -2.21. The van der Waals surface area contributed by atoms with Crippen molar-refractivity contribution in [1.29, 1.82) is 0 Å². The van der Waals surface area contributed by atoms with Gasteiger partial charge < -0.3 is 4.74 Å². The van der Waals surface area contributed by atoms with Crippen LogP contribution in [0.15, 0.2) is 108 Å². The van der Waals surface area contributed by atoms with Crippen molar-refractivity contribution >= 4 is 44.2 Å². The number of carbonyl (C=O) groups is 1. The van der Waals surface area contributed by atoms with Crippen LogP contribution in [0, 0.1) is 18.2 Å². The Balaban J connectivity index is 1.72. The first-order valence-electron chi connectivity index (χ1n) is 14.1. The highest BCUT2D eigenvalue weighted by Crippen LogP contribution is 2.47. The Kier molecular flexibility index (Phi) is 8.55. The Morgan fingerprint density at radius 3 is 2.25 bits per heavy atom. The van der Waals surface area contributed by atoms with Crippen LogP contribution in [-0.2, 0) is 14.8 Å². The summed E-state index contributed by atoms with van der Waals surface area (Å²) in [4.78, 5) is 15.2. The minimum Gasteiger partial charge on any atom is -0.465 e. The van der Waals surface area contributed by atoms with Crippen molar-refractivity contribution in [3.63, 3.8) is 0 Å². The van der Waals surface area contributed by atoms with E-state index in [-0.39, 0.29) is 54.5 Å². The van der Waals surface area contributed by atoms with Gasteiger partial charge in [-0.1, -0.05) is 60.1 Å². The summed E-state index contributed by atoms with van der Waals surface area (Å²) in [6, 6.07) is 22.0. The molecule has 6 rings (SSSR count). The van der Waals surface area contributed by atoms with Crippen molar-refractivity contribution in [2.75, 3.05) is 7.11 Å². The third kappa shape index (κ3) is 5.59. The van der Waals surface area contributed by atoms with Crippen molar-refractivity contribution < 1.29 is 35.5 Å². The van der Waals surface area contributed by atoms with E-state index in [9.17, 15) is 26.4 Å². The van der Waals surface area contributed by atoms with E-state index < -0.39 is 39.6 Å². The summed E-state index contributed by atoms with van der Waals surface area (Å²) in [5, 5.41) is 0.160. The molecule has 240 valence electrons. The summed E-state index contributed by atoms with van der Waals surface area (Å²) in [6.07, 6.45) is -2.84. The highest BCUT2D eigenvalue weighted by Gasteiger charge is 2.31. The maximum Gasteiger partial charge on any atom is 0.337 e. The van der Waals surface area contributed by atoms with Gasteiger partial charge in [-0.05, 0) is 60.2 Å². The number of esters is 1. The Bertz CT molecular complexity index is 2400. The fraction of sp³-hybridized carbons (Fsp3) is 0.0556. The SMILES string of the molecule is [C-]#[N+]c1cccc(F)c1-c1c(-c2cccc(-c3ccc(C(=O)OC)cc3Cl)c2)n(S(=O)(=O)c2ccc(C(F)F)cc2)c2ccc(F)cc12. The van der Waals surface area contributed by atoms with E-state index in [1.807, 2.05) is 0 Å². The smallest absolute Gasteiger partial charge is 0.337 e. The second-order valence-corrected chi connectivity index (χ2v) is 12.7. The molecule has 0 atom stereocenters. The van der Waals surface area contributed by atoms with Crippen molar-refractivity contribution in [2.45, 2.75) is 11.3 Å². The molecule has 6 nitrogen and oxygen atoms in total. The van der Waals surface area contributed by atoms with Crippen LogP contribution < -0.4 is 0 Å². The fourth-order valence-electron chi connectivity index (χ4n) is 5.57. The molecule has 0 aliphatic rings. The average molecular weight is 689 g/mol. The molecule has 0 aliphatic heterocycles. The zero-order valence-electron chi connectivity index (χ0n) is 24.7. The van der Waals surface area contributed by atoms with Crippen LogP contribution >= 0.6 is 11.6 Å². The minimum absolute atomic E-state index is 0.0151.